The zero-order valence-corrected chi connectivity index (χ0v) is 13.6. The van der Waals surface area contributed by atoms with Gasteiger partial charge in [0.25, 0.3) is 0 Å². The largest absolute Gasteiger partial charge is 0.375 e. The maximum atomic E-state index is 11.5. The van der Waals surface area contributed by atoms with Crippen LogP contribution in [0.5, 0.6) is 0 Å². The molecule has 4 nitrogen and oxygen atoms in total. The first kappa shape index (κ1) is 16.0. The molecule has 3 N–H and O–H groups in total. The molecular weight excluding hydrogens is 276 g/mol. The second-order valence-electron chi connectivity index (χ2n) is 7.48. The summed E-state index contributed by atoms with van der Waals surface area (Å²) in [5.74, 6) is 4.96. The maximum absolute atomic E-state index is 11.5. The van der Waals surface area contributed by atoms with Gasteiger partial charge < -0.3 is 10.4 Å². The molecule has 2 bridgehead atoms. The number of carbonyl (C=O) groups excluding carboxylic acids is 1. The van der Waals surface area contributed by atoms with E-state index in [2.05, 4.69) is 17.2 Å². The number of hydrogen-bond donors (Lipinski definition) is 3. The zero-order chi connectivity index (χ0) is 15.7. The van der Waals surface area contributed by atoms with Crippen molar-refractivity contribution in [2.24, 2.45) is 35.5 Å². The van der Waals surface area contributed by atoms with Crippen molar-refractivity contribution < 1.29 is 9.90 Å². The number of aliphatic hydroxyl groups is 1. The van der Waals surface area contributed by atoms with Gasteiger partial charge in [-0.05, 0) is 67.3 Å². The molecule has 3 saturated carbocycles. The van der Waals surface area contributed by atoms with E-state index in [-0.39, 0.29) is 5.91 Å². The number of aliphatic hydroxyl groups excluding tert-OH is 1. The van der Waals surface area contributed by atoms with Gasteiger partial charge in [0.05, 0.1) is 0 Å². The Labute approximate surface area is 133 Å². The number of rotatable bonds is 7. The van der Waals surface area contributed by atoms with Crippen LogP contribution < -0.4 is 10.6 Å². The van der Waals surface area contributed by atoms with Crippen molar-refractivity contribution in [1.29, 1.82) is 0 Å². The summed E-state index contributed by atoms with van der Waals surface area (Å²) in [7, 11) is 0. The van der Waals surface area contributed by atoms with E-state index in [4.69, 9.17) is 0 Å². The lowest BCUT2D eigenvalue weighted by Crippen LogP contribution is -2.38. The third-order valence-corrected chi connectivity index (χ3v) is 6.48. The van der Waals surface area contributed by atoms with Gasteiger partial charge in [-0.25, -0.2) is 0 Å². The SMILES string of the molecule is C=CC(O)NCC1CCC2C3CC(CC3CNC(=O)CC)C12. The molecule has 3 aliphatic carbocycles. The Morgan fingerprint density at radius 3 is 2.82 bits per heavy atom. The molecule has 7 unspecified atom stereocenters. The van der Waals surface area contributed by atoms with Gasteiger partial charge in [0, 0.05) is 19.5 Å². The van der Waals surface area contributed by atoms with E-state index in [1.165, 1.54) is 25.7 Å². The zero-order valence-electron chi connectivity index (χ0n) is 13.6. The van der Waals surface area contributed by atoms with Crippen LogP contribution in [-0.2, 0) is 4.79 Å². The minimum absolute atomic E-state index is 0.186. The molecule has 3 rings (SSSR count). The predicted octanol–water partition coefficient (Wildman–Crippen LogP) is 1.90. The van der Waals surface area contributed by atoms with Crippen LogP contribution in [0, 0.1) is 35.5 Å². The molecule has 22 heavy (non-hydrogen) atoms. The van der Waals surface area contributed by atoms with Crippen LogP contribution in [0.15, 0.2) is 12.7 Å². The topological polar surface area (TPSA) is 61.4 Å². The van der Waals surface area contributed by atoms with Gasteiger partial charge in [-0.1, -0.05) is 13.5 Å². The smallest absolute Gasteiger partial charge is 0.219 e. The number of nitrogens with one attached hydrogen (secondary N) is 2. The highest BCUT2D eigenvalue weighted by Gasteiger charge is 2.56. The van der Waals surface area contributed by atoms with Crippen LogP contribution in [-0.4, -0.2) is 30.3 Å². The Morgan fingerprint density at radius 2 is 2.09 bits per heavy atom. The lowest BCUT2D eigenvalue weighted by Gasteiger charge is -2.34. The van der Waals surface area contributed by atoms with Crippen molar-refractivity contribution in [2.75, 3.05) is 13.1 Å². The van der Waals surface area contributed by atoms with E-state index < -0.39 is 6.23 Å². The van der Waals surface area contributed by atoms with Crippen LogP contribution in [0.25, 0.3) is 0 Å². The number of carbonyl (C=O) groups is 1. The number of hydrogen-bond acceptors (Lipinski definition) is 3. The van der Waals surface area contributed by atoms with Crippen LogP contribution >= 0.6 is 0 Å². The third-order valence-electron chi connectivity index (χ3n) is 6.48. The summed E-state index contributed by atoms with van der Waals surface area (Å²) >= 11 is 0. The van der Waals surface area contributed by atoms with Crippen molar-refractivity contribution in [3.05, 3.63) is 12.7 Å². The quantitative estimate of drug-likeness (QED) is 0.497. The maximum Gasteiger partial charge on any atom is 0.219 e. The van der Waals surface area contributed by atoms with Crippen molar-refractivity contribution in [2.45, 2.75) is 45.3 Å². The van der Waals surface area contributed by atoms with Crippen molar-refractivity contribution in [3.63, 3.8) is 0 Å². The van der Waals surface area contributed by atoms with Crippen LogP contribution in [0.3, 0.4) is 0 Å². The van der Waals surface area contributed by atoms with Crippen LogP contribution in [0.2, 0.25) is 0 Å². The third kappa shape index (κ3) is 2.95. The van der Waals surface area contributed by atoms with Crippen molar-refractivity contribution in [1.82, 2.24) is 10.6 Å². The lowest BCUT2D eigenvalue weighted by atomic mass is 9.73. The molecule has 0 aromatic carbocycles. The first-order chi connectivity index (χ1) is 10.6. The second-order valence-corrected chi connectivity index (χ2v) is 7.48. The van der Waals surface area contributed by atoms with Crippen LogP contribution in [0.1, 0.15) is 39.0 Å². The van der Waals surface area contributed by atoms with Gasteiger partial charge in [-0.3, -0.25) is 10.1 Å². The molecule has 1 amide bonds. The summed E-state index contributed by atoms with van der Waals surface area (Å²) < 4.78 is 0. The summed E-state index contributed by atoms with van der Waals surface area (Å²) in [4.78, 5) is 11.5. The number of amides is 1. The Bertz CT molecular complexity index is 425. The number of fused-ring (bicyclic) bond motifs is 5. The fraction of sp³-hybridized carbons (Fsp3) is 0.833. The minimum Gasteiger partial charge on any atom is -0.375 e. The molecule has 7 atom stereocenters. The minimum atomic E-state index is -0.574. The molecule has 124 valence electrons. The van der Waals surface area contributed by atoms with Crippen molar-refractivity contribution >= 4 is 5.91 Å². The Balaban J connectivity index is 1.53. The molecule has 0 heterocycles. The standard InChI is InChI=1S/C18H30N2O2/c1-3-16(21)19-9-11-5-6-14-15-8-12(18(11)14)7-13(15)10-20-17(22)4-2/h3,11-16,18-19,21H,1,4-10H2,2H3,(H,20,22). The summed E-state index contributed by atoms with van der Waals surface area (Å²) in [5, 5.41) is 15.9. The Kier molecular flexibility index (Phi) is 4.88. The Morgan fingerprint density at radius 1 is 1.27 bits per heavy atom. The summed E-state index contributed by atoms with van der Waals surface area (Å²) in [5.41, 5.74) is 0. The Hall–Kier alpha value is -0.870. The van der Waals surface area contributed by atoms with E-state index in [9.17, 15) is 9.90 Å². The van der Waals surface area contributed by atoms with Crippen LogP contribution in [0.4, 0.5) is 0 Å². The van der Waals surface area contributed by atoms with Gasteiger partial charge in [-0.2, -0.15) is 0 Å². The van der Waals surface area contributed by atoms with Gasteiger partial charge in [0.1, 0.15) is 6.23 Å². The molecule has 0 aliphatic heterocycles. The predicted molar refractivity (Wildman–Crippen MR) is 86.9 cm³/mol. The molecule has 0 aromatic heterocycles. The molecular formula is C18H30N2O2. The molecule has 0 radical (unpaired) electrons. The fourth-order valence-corrected chi connectivity index (χ4v) is 5.61. The highest BCUT2D eigenvalue weighted by atomic mass is 16.3. The molecule has 4 heteroatoms. The molecule has 3 fully saturated rings. The molecule has 0 spiro atoms. The molecule has 3 aliphatic rings. The van der Waals surface area contributed by atoms with Crippen molar-refractivity contribution in [3.8, 4) is 0 Å². The molecule has 0 aromatic rings. The summed E-state index contributed by atoms with van der Waals surface area (Å²) in [6.45, 7) is 7.33. The van der Waals surface area contributed by atoms with E-state index in [0.717, 1.165) is 36.8 Å². The monoisotopic (exact) mass is 306 g/mol. The van der Waals surface area contributed by atoms with Gasteiger partial charge >= 0.3 is 0 Å². The summed E-state index contributed by atoms with van der Waals surface area (Å²) in [6, 6.07) is 0. The molecule has 0 saturated heterocycles. The first-order valence-corrected chi connectivity index (χ1v) is 8.94. The average Bonchev–Trinajstić information content (AvgIpc) is 3.21. The first-order valence-electron chi connectivity index (χ1n) is 8.94. The van der Waals surface area contributed by atoms with E-state index in [1.807, 2.05) is 6.92 Å². The fourth-order valence-electron chi connectivity index (χ4n) is 5.61. The average molecular weight is 306 g/mol. The van der Waals surface area contributed by atoms with Gasteiger partial charge in [0.15, 0.2) is 0 Å². The summed E-state index contributed by atoms with van der Waals surface area (Å²) in [6.07, 6.45) is 6.84. The highest BCUT2D eigenvalue weighted by molar-refractivity contribution is 5.75. The van der Waals surface area contributed by atoms with Gasteiger partial charge in [0.2, 0.25) is 5.91 Å². The van der Waals surface area contributed by atoms with E-state index >= 15 is 0 Å². The van der Waals surface area contributed by atoms with E-state index in [1.54, 1.807) is 6.08 Å². The normalized spacial score (nSPS) is 40.5. The lowest BCUT2D eigenvalue weighted by molar-refractivity contribution is -0.121. The van der Waals surface area contributed by atoms with E-state index in [0.29, 0.717) is 18.3 Å². The highest BCUT2D eigenvalue weighted by Crippen LogP contribution is 2.62. The second kappa shape index (κ2) is 6.71. The van der Waals surface area contributed by atoms with Gasteiger partial charge in [-0.15, -0.1) is 0 Å².